The number of carbonyl (C=O) groups is 2. The van der Waals surface area contributed by atoms with Crippen LogP contribution in [0.15, 0.2) is 84.9 Å². The van der Waals surface area contributed by atoms with Crippen LogP contribution >= 0.6 is 0 Å². The van der Waals surface area contributed by atoms with Gasteiger partial charge in [-0.05, 0) is 23.6 Å². The van der Waals surface area contributed by atoms with Crippen molar-refractivity contribution in [3.63, 3.8) is 0 Å². The van der Waals surface area contributed by atoms with E-state index >= 15 is 0 Å². The first kappa shape index (κ1) is 19.6. The van der Waals surface area contributed by atoms with Gasteiger partial charge in [-0.25, -0.2) is 0 Å². The van der Waals surface area contributed by atoms with Crippen molar-refractivity contribution in [1.82, 2.24) is 0 Å². The minimum absolute atomic E-state index is 0.174. The Balaban J connectivity index is 1.62. The molecule has 1 aliphatic rings. The predicted octanol–water partition coefficient (Wildman–Crippen LogP) is 5.45. The summed E-state index contributed by atoms with van der Waals surface area (Å²) in [6.45, 7) is 2.12. The number of rotatable bonds is 7. The lowest BCUT2D eigenvalue weighted by Crippen LogP contribution is -2.29. The van der Waals surface area contributed by atoms with Crippen molar-refractivity contribution in [2.75, 3.05) is 6.79 Å². The van der Waals surface area contributed by atoms with Crippen LogP contribution in [0.25, 0.3) is 6.08 Å². The Bertz CT molecular complexity index is 1020. The van der Waals surface area contributed by atoms with Gasteiger partial charge >= 0.3 is 0 Å². The third-order valence-corrected chi connectivity index (χ3v) is 5.20. The number of fused-ring (bicyclic) bond motifs is 1. The van der Waals surface area contributed by atoms with Gasteiger partial charge in [-0.1, -0.05) is 85.8 Å². The van der Waals surface area contributed by atoms with Gasteiger partial charge < -0.3 is 9.47 Å². The van der Waals surface area contributed by atoms with Crippen LogP contribution < -0.4 is 9.47 Å². The lowest BCUT2D eigenvalue weighted by molar-refractivity contribution is 0.0778. The molecular formula is C26H22O4. The van der Waals surface area contributed by atoms with Gasteiger partial charge in [0.05, 0.1) is 5.92 Å². The molecular weight excluding hydrogens is 376 g/mol. The Morgan fingerprint density at radius 1 is 0.800 bits per heavy atom. The second kappa shape index (κ2) is 8.78. The monoisotopic (exact) mass is 398 g/mol. The van der Waals surface area contributed by atoms with Gasteiger partial charge in [-0.3, -0.25) is 9.59 Å². The van der Waals surface area contributed by atoms with Crippen molar-refractivity contribution in [3.05, 3.63) is 102 Å². The highest BCUT2D eigenvalue weighted by Crippen LogP contribution is 2.33. The Kier molecular flexibility index (Phi) is 5.75. The van der Waals surface area contributed by atoms with Crippen molar-refractivity contribution in [2.24, 2.45) is 11.8 Å². The molecule has 4 rings (SSSR count). The fourth-order valence-corrected chi connectivity index (χ4v) is 3.55. The molecule has 0 amide bonds. The molecule has 1 atom stereocenters. The first-order chi connectivity index (χ1) is 14.6. The van der Waals surface area contributed by atoms with Gasteiger partial charge in [0.2, 0.25) is 6.79 Å². The van der Waals surface area contributed by atoms with Crippen LogP contribution in [0, 0.1) is 11.8 Å². The van der Waals surface area contributed by atoms with E-state index in [2.05, 4.69) is 0 Å². The Hall–Kier alpha value is -3.66. The summed E-state index contributed by atoms with van der Waals surface area (Å²) in [7, 11) is 0. The van der Waals surface area contributed by atoms with Crippen LogP contribution in [0.4, 0.5) is 0 Å². The molecule has 0 saturated carbocycles. The highest BCUT2D eigenvalue weighted by atomic mass is 16.7. The summed E-state index contributed by atoms with van der Waals surface area (Å²) in [6, 6.07) is 23.6. The van der Waals surface area contributed by atoms with Crippen molar-refractivity contribution in [1.29, 1.82) is 0 Å². The zero-order valence-electron chi connectivity index (χ0n) is 16.7. The van der Waals surface area contributed by atoms with Gasteiger partial charge in [0, 0.05) is 11.1 Å². The molecule has 3 aromatic carbocycles. The highest BCUT2D eigenvalue weighted by molar-refractivity contribution is 6.16. The van der Waals surface area contributed by atoms with Crippen molar-refractivity contribution in [3.8, 4) is 11.5 Å². The average molecular weight is 398 g/mol. The van der Waals surface area contributed by atoms with Gasteiger partial charge in [0.25, 0.3) is 0 Å². The van der Waals surface area contributed by atoms with Crippen LogP contribution in [-0.4, -0.2) is 18.4 Å². The van der Waals surface area contributed by atoms with E-state index in [-0.39, 0.29) is 24.3 Å². The molecule has 30 heavy (non-hydrogen) atoms. The fourth-order valence-electron chi connectivity index (χ4n) is 3.55. The number of hydrogen-bond acceptors (Lipinski definition) is 4. The van der Waals surface area contributed by atoms with Crippen molar-refractivity contribution < 1.29 is 19.1 Å². The van der Waals surface area contributed by atoms with E-state index < -0.39 is 5.92 Å². The highest BCUT2D eigenvalue weighted by Gasteiger charge is 2.32. The predicted molar refractivity (Wildman–Crippen MR) is 116 cm³/mol. The maximum absolute atomic E-state index is 13.3. The molecule has 0 saturated heterocycles. The molecule has 1 heterocycles. The Morgan fingerprint density at radius 3 is 1.97 bits per heavy atom. The van der Waals surface area contributed by atoms with Crippen LogP contribution in [0.5, 0.6) is 11.5 Å². The standard InChI is InChI=1S/C26H22O4/c1-18(12-13-19-14-15-22-23(16-19)30-17-29-22)24(25(27)20-8-4-2-5-9-20)26(28)21-10-6-3-7-11-21/h2-16,18,24H,17H2,1H3/b13-12+. The molecule has 4 heteroatoms. The molecule has 0 bridgehead atoms. The topological polar surface area (TPSA) is 52.6 Å². The maximum Gasteiger partial charge on any atom is 0.231 e. The number of allylic oxidation sites excluding steroid dienone is 1. The summed E-state index contributed by atoms with van der Waals surface area (Å²) in [4.78, 5) is 26.5. The molecule has 1 unspecified atom stereocenters. The quantitative estimate of drug-likeness (QED) is 0.392. The SMILES string of the molecule is CC(/C=C/c1ccc2c(c1)OCO2)C(C(=O)c1ccccc1)C(=O)c1ccccc1. The lowest BCUT2D eigenvalue weighted by Gasteiger charge is -2.19. The normalized spacial score (nSPS) is 13.5. The number of carbonyl (C=O) groups excluding carboxylic acids is 2. The third-order valence-electron chi connectivity index (χ3n) is 5.20. The Labute approximate surface area is 175 Å². The minimum atomic E-state index is -0.805. The molecule has 0 N–H and O–H groups in total. The summed E-state index contributed by atoms with van der Waals surface area (Å²) in [6.07, 6.45) is 3.82. The van der Waals surface area contributed by atoms with Crippen LogP contribution in [0.2, 0.25) is 0 Å². The van der Waals surface area contributed by atoms with Gasteiger partial charge in [0.15, 0.2) is 23.1 Å². The molecule has 0 fully saturated rings. The zero-order valence-corrected chi connectivity index (χ0v) is 16.7. The van der Waals surface area contributed by atoms with Gasteiger partial charge in [-0.15, -0.1) is 0 Å². The number of ketones is 2. The molecule has 0 aromatic heterocycles. The van der Waals surface area contributed by atoms with E-state index in [9.17, 15) is 9.59 Å². The number of hydrogen-bond donors (Lipinski definition) is 0. The molecule has 0 aliphatic carbocycles. The van der Waals surface area contributed by atoms with Gasteiger partial charge in [0.1, 0.15) is 0 Å². The summed E-state index contributed by atoms with van der Waals surface area (Å²) < 4.78 is 10.8. The largest absolute Gasteiger partial charge is 0.454 e. The van der Waals surface area contributed by atoms with E-state index in [1.165, 1.54) is 0 Å². The van der Waals surface area contributed by atoms with Gasteiger partial charge in [-0.2, -0.15) is 0 Å². The van der Waals surface area contributed by atoms with Crippen LogP contribution in [-0.2, 0) is 0 Å². The van der Waals surface area contributed by atoms with Crippen molar-refractivity contribution >= 4 is 17.6 Å². The molecule has 4 nitrogen and oxygen atoms in total. The second-order valence-corrected chi connectivity index (χ2v) is 7.27. The van der Waals surface area contributed by atoms with Crippen LogP contribution in [0.1, 0.15) is 33.2 Å². The molecule has 1 aliphatic heterocycles. The smallest absolute Gasteiger partial charge is 0.231 e. The number of benzene rings is 3. The fraction of sp³-hybridized carbons (Fsp3) is 0.154. The third kappa shape index (κ3) is 4.18. The van der Waals surface area contributed by atoms with E-state index in [1.54, 1.807) is 24.3 Å². The molecule has 3 aromatic rings. The first-order valence-electron chi connectivity index (χ1n) is 9.90. The molecule has 0 spiro atoms. The van der Waals surface area contributed by atoms with E-state index in [1.807, 2.05) is 73.7 Å². The number of Topliss-reactive ketones (excluding diaryl/α,β-unsaturated/α-hetero) is 2. The summed E-state index contributed by atoms with van der Waals surface area (Å²) in [5.41, 5.74) is 1.99. The maximum atomic E-state index is 13.3. The van der Waals surface area contributed by atoms with E-state index in [0.29, 0.717) is 16.9 Å². The number of ether oxygens (including phenoxy) is 2. The lowest BCUT2D eigenvalue weighted by atomic mass is 9.81. The first-order valence-corrected chi connectivity index (χ1v) is 9.90. The zero-order chi connectivity index (χ0) is 20.9. The minimum Gasteiger partial charge on any atom is -0.454 e. The van der Waals surface area contributed by atoms with E-state index in [4.69, 9.17) is 9.47 Å². The van der Waals surface area contributed by atoms with Crippen molar-refractivity contribution in [2.45, 2.75) is 6.92 Å². The molecule has 0 radical (unpaired) electrons. The summed E-state index contributed by atoms with van der Waals surface area (Å²) in [5.74, 6) is -0.0332. The second-order valence-electron chi connectivity index (χ2n) is 7.27. The van der Waals surface area contributed by atoms with Crippen LogP contribution in [0.3, 0.4) is 0 Å². The summed E-state index contributed by atoms with van der Waals surface area (Å²) in [5, 5.41) is 0. The Morgan fingerprint density at radius 2 is 1.37 bits per heavy atom. The van der Waals surface area contributed by atoms with E-state index in [0.717, 1.165) is 11.3 Å². The molecule has 150 valence electrons. The summed E-state index contributed by atoms with van der Waals surface area (Å²) >= 11 is 0. The average Bonchev–Trinajstić information content (AvgIpc) is 3.27.